The average molecular weight is 344 g/mol. The number of fused-ring (bicyclic) bond motifs is 1. The van der Waals surface area contributed by atoms with Crippen LogP contribution in [-0.4, -0.2) is 13.2 Å². The minimum absolute atomic E-state index is 0.285. The summed E-state index contributed by atoms with van der Waals surface area (Å²) in [6, 6.07) is 19.7. The molecule has 1 aliphatic heterocycles. The van der Waals surface area contributed by atoms with Gasteiger partial charge in [0.15, 0.2) is 6.20 Å². The summed E-state index contributed by atoms with van der Waals surface area (Å²) in [5.74, 6) is 0. The lowest BCUT2D eigenvalue weighted by Crippen LogP contribution is -2.36. The lowest BCUT2D eigenvalue weighted by Gasteiger charge is -2.29. The van der Waals surface area contributed by atoms with E-state index in [4.69, 9.17) is 0 Å². The van der Waals surface area contributed by atoms with Crippen molar-refractivity contribution in [2.45, 2.75) is 26.9 Å². The number of pyridine rings is 1. The first kappa shape index (κ1) is 16.6. The Hall–Kier alpha value is -2.81. The molecule has 3 nitrogen and oxygen atoms in total. The number of para-hydroxylation sites is 2. The van der Waals surface area contributed by atoms with Crippen LogP contribution >= 0.6 is 0 Å². The van der Waals surface area contributed by atoms with Crippen LogP contribution in [0.3, 0.4) is 0 Å². The van der Waals surface area contributed by atoms with Crippen LogP contribution in [0.15, 0.2) is 60.8 Å². The highest BCUT2D eigenvalue weighted by Crippen LogP contribution is 2.45. The molecule has 0 N–H and O–H groups in total. The van der Waals surface area contributed by atoms with Gasteiger partial charge in [-0.3, -0.25) is 0 Å². The fourth-order valence-corrected chi connectivity index (χ4v) is 3.98. The van der Waals surface area contributed by atoms with Gasteiger partial charge in [0.1, 0.15) is 13.2 Å². The predicted molar refractivity (Wildman–Crippen MR) is 109 cm³/mol. The third-order valence-corrected chi connectivity index (χ3v) is 5.60. The minimum Gasteiger partial charge on any atom is -0.353 e. The van der Waals surface area contributed by atoms with Crippen molar-refractivity contribution in [3.8, 4) is 11.3 Å². The number of hydrogen-bond acceptors (Lipinski definition) is 2. The van der Waals surface area contributed by atoms with E-state index >= 15 is 0 Å². The van der Waals surface area contributed by atoms with Crippen LogP contribution in [0.1, 0.15) is 18.1 Å². The molecule has 1 atom stereocenters. The molecule has 3 aromatic rings. The summed E-state index contributed by atoms with van der Waals surface area (Å²) in [5, 5.41) is 0. The fourth-order valence-electron chi connectivity index (χ4n) is 3.98. The summed E-state index contributed by atoms with van der Waals surface area (Å²) < 4.78 is 2.20. The lowest BCUT2D eigenvalue weighted by molar-refractivity contribution is -0.660. The molecule has 0 bridgehead atoms. The van der Waals surface area contributed by atoms with Gasteiger partial charge in [-0.2, -0.15) is 0 Å². The number of aryl methyl sites for hydroxylation is 2. The molecule has 4 rings (SSSR count). The second kappa shape index (κ2) is 6.17. The highest BCUT2D eigenvalue weighted by molar-refractivity contribution is 5.86. The first-order valence-electron chi connectivity index (χ1n) is 9.16. The Kier molecular flexibility index (Phi) is 3.95. The molecule has 0 saturated heterocycles. The van der Waals surface area contributed by atoms with Crippen LogP contribution in [0.5, 0.6) is 0 Å². The highest BCUT2D eigenvalue weighted by Gasteiger charge is 2.32. The minimum atomic E-state index is 0.285. The summed E-state index contributed by atoms with van der Waals surface area (Å²) in [7, 11) is 4.28. The number of nitrogens with zero attached hydrogens (tertiary/aromatic N) is 3. The van der Waals surface area contributed by atoms with Gasteiger partial charge in [0, 0.05) is 24.9 Å². The molecule has 0 unspecified atom stereocenters. The molecule has 0 saturated carbocycles. The molecule has 26 heavy (non-hydrogen) atoms. The number of anilines is 3. The van der Waals surface area contributed by atoms with Crippen molar-refractivity contribution < 1.29 is 4.57 Å². The van der Waals surface area contributed by atoms with Crippen molar-refractivity contribution in [1.29, 1.82) is 0 Å². The van der Waals surface area contributed by atoms with Gasteiger partial charge in [-0.25, -0.2) is 4.57 Å². The van der Waals surface area contributed by atoms with E-state index in [2.05, 4.69) is 110 Å². The van der Waals surface area contributed by atoms with Gasteiger partial charge in [-0.05, 0) is 56.2 Å². The van der Waals surface area contributed by atoms with E-state index in [1.807, 2.05) is 0 Å². The predicted octanol–water partition coefficient (Wildman–Crippen LogP) is 4.73. The van der Waals surface area contributed by atoms with Crippen molar-refractivity contribution in [2.75, 3.05) is 16.8 Å². The largest absolute Gasteiger partial charge is 0.353 e. The molecule has 0 aliphatic carbocycles. The third kappa shape index (κ3) is 2.47. The fraction of sp³-hybridized carbons (Fsp3) is 0.261. The number of benzene rings is 2. The molecule has 0 radical (unpaired) electrons. The monoisotopic (exact) mass is 344 g/mol. The summed E-state index contributed by atoms with van der Waals surface area (Å²) in [5.41, 5.74) is 8.95. The topological polar surface area (TPSA) is 10.4 Å². The Morgan fingerprint density at radius 1 is 0.885 bits per heavy atom. The SMILES string of the molecule is Cc1cc[n+](C)c(-c2cccc(N3c4ccccc4N(C)[C@@H]3C)c2C)c1. The normalized spacial score (nSPS) is 16.1. The van der Waals surface area contributed by atoms with E-state index in [1.54, 1.807) is 0 Å². The second-order valence-corrected chi connectivity index (χ2v) is 7.25. The molecule has 2 aromatic carbocycles. The number of rotatable bonds is 2. The summed E-state index contributed by atoms with van der Waals surface area (Å²) in [6.07, 6.45) is 2.42. The zero-order valence-electron chi connectivity index (χ0n) is 16.2. The maximum absolute atomic E-state index is 2.45. The van der Waals surface area contributed by atoms with Crippen LogP contribution < -0.4 is 14.4 Å². The van der Waals surface area contributed by atoms with Gasteiger partial charge in [-0.1, -0.05) is 18.2 Å². The number of aromatic nitrogens is 1. The van der Waals surface area contributed by atoms with Crippen LogP contribution in [0.4, 0.5) is 17.1 Å². The summed E-state index contributed by atoms with van der Waals surface area (Å²) in [4.78, 5) is 4.79. The van der Waals surface area contributed by atoms with E-state index < -0.39 is 0 Å². The van der Waals surface area contributed by atoms with Crippen molar-refractivity contribution in [3.05, 3.63) is 71.9 Å². The van der Waals surface area contributed by atoms with Crippen LogP contribution in [0.2, 0.25) is 0 Å². The van der Waals surface area contributed by atoms with E-state index in [-0.39, 0.29) is 6.17 Å². The lowest BCUT2D eigenvalue weighted by atomic mass is 10.0. The van der Waals surface area contributed by atoms with Crippen molar-refractivity contribution in [2.24, 2.45) is 7.05 Å². The standard InChI is InChI=1S/C23H26N3/c1-16-13-14-24(4)23(15-16)19-9-8-12-20(17(19)2)26-18(3)25(5)21-10-6-7-11-22(21)26/h6-15,18H,1-5H3/q+1/t18-/m0/s1. The molecule has 1 aliphatic rings. The van der Waals surface area contributed by atoms with Crippen molar-refractivity contribution in [3.63, 3.8) is 0 Å². The van der Waals surface area contributed by atoms with E-state index in [0.29, 0.717) is 0 Å². The number of hydrogen-bond donors (Lipinski definition) is 0. The van der Waals surface area contributed by atoms with Crippen molar-refractivity contribution >= 4 is 17.1 Å². The molecule has 0 amide bonds. The molecule has 0 spiro atoms. The van der Waals surface area contributed by atoms with Gasteiger partial charge >= 0.3 is 0 Å². The second-order valence-electron chi connectivity index (χ2n) is 7.25. The Bertz CT molecular complexity index is 977. The zero-order valence-corrected chi connectivity index (χ0v) is 16.2. The van der Waals surface area contributed by atoms with E-state index in [1.165, 1.54) is 39.4 Å². The molecular formula is C23H26N3+. The Morgan fingerprint density at radius 2 is 1.58 bits per heavy atom. The quantitative estimate of drug-likeness (QED) is 0.622. The smallest absolute Gasteiger partial charge is 0.212 e. The highest BCUT2D eigenvalue weighted by atomic mass is 15.4. The van der Waals surface area contributed by atoms with Crippen molar-refractivity contribution in [1.82, 2.24) is 0 Å². The maximum Gasteiger partial charge on any atom is 0.212 e. The Morgan fingerprint density at radius 3 is 2.35 bits per heavy atom. The average Bonchev–Trinajstić information content (AvgIpc) is 2.89. The molecule has 3 heteroatoms. The summed E-state index contributed by atoms with van der Waals surface area (Å²) >= 11 is 0. The van der Waals surface area contributed by atoms with Crippen LogP contribution in [0, 0.1) is 13.8 Å². The zero-order chi connectivity index (χ0) is 18.4. The Balaban J connectivity index is 1.89. The molecule has 132 valence electrons. The molecular weight excluding hydrogens is 318 g/mol. The maximum atomic E-state index is 2.45. The van der Waals surface area contributed by atoms with Gasteiger partial charge in [0.05, 0.1) is 16.9 Å². The van der Waals surface area contributed by atoms with Gasteiger partial charge in [0.2, 0.25) is 5.69 Å². The van der Waals surface area contributed by atoms with Gasteiger partial charge in [-0.15, -0.1) is 0 Å². The molecule has 0 fully saturated rings. The third-order valence-electron chi connectivity index (χ3n) is 5.60. The van der Waals surface area contributed by atoms with E-state index in [9.17, 15) is 0 Å². The summed E-state index contributed by atoms with van der Waals surface area (Å²) in [6.45, 7) is 6.65. The van der Waals surface area contributed by atoms with Gasteiger partial charge in [0.25, 0.3) is 0 Å². The first-order chi connectivity index (χ1) is 12.5. The van der Waals surface area contributed by atoms with Crippen LogP contribution in [0.25, 0.3) is 11.3 Å². The first-order valence-corrected chi connectivity index (χ1v) is 9.16. The Labute approximate surface area is 156 Å². The molecule has 1 aromatic heterocycles. The van der Waals surface area contributed by atoms with Gasteiger partial charge < -0.3 is 9.80 Å². The van der Waals surface area contributed by atoms with Crippen LogP contribution in [-0.2, 0) is 7.05 Å². The molecule has 2 heterocycles. The van der Waals surface area contributed by atoms with E-state index in [0.717, 1.165) is 0 Å².